The van der Waals surface area contributed by atoms with E-state index in [0.29, 0.717) is 0 Å². The average Bonchev–Trinajstić information content (AvgIpc) is 2.97. The highest BCUT2D eigenvalue weighted by atomic mass is 32.1. The third kappa shape index (κ3) is 4.06. The van der Waals surface area contributed by atoms with Gasteiger partial charge in [-0.2, -0.15) is 0 Å². The maximum atomic E-state index is 4.00. The molecule has 0 nitrogen and oxygen atoms in total. The molecule has 2 heterocycles. The molecule has 0 aliphatic rings. The quantitative estimate of drug-likeness (QED) is 0.578. The fourth-order valence-corrected chi connectivity index (χ4v) is 3.74. The molecule has 2 aromatic rings. The molecule has 0 amide bonds. The maximum Gasteiger partial charge on any atom is 0.0345 e. The summed E-state index contributed by atoms with van der Waals surface area (Å²) >= 11 is 3.62. The van der Waals surface area contributed by atoms with Crippen molar-refractivity contribution in [3.63, 3.8) is 0 Å². The van der Waals surface area contributed by atoms with E-state index in [2.05, 4.69) is 61.5 Å². The first-order valence-corrected chi connectivity index (χ1v) is 8.44. The molecule has 0 aliphatic heterocycles. The van der Waals surface area contributed by atoms with E-state index < -0.39 is 0 Å². The van der Waals surface area contributed by atoms with Gasteiger partial charge in [-0.1, -0.05) is 30.4 Å². The molecule has 0 aliphatic carbocycles. The molecule has 0 bridgehead atoms. The maximum absolute atomic E-state index is 4.00. The molecule has 20 heavy (non-hydrogen) atoms. The number of hydrogen-bond acceptors (Lipinski definition) is 2. The van der Waals surface area contributed by atoms with Crippen molar-refractivity contribution in [2.45, 2.75) is 27.2 Å². The van der Waals surface area contributed by atoms with E-state index in [0.717, 1.165) is 12.0 Å². The summed E-state index contributed by atoms with van der Waals surface area (Å²) in [6.07, 6.45) is 7.63. The number of thiophene rings is 2. The van der Waals surface area contributed by atoms with Gasteiger partial charge in [-0.05, 0) is 60.4 Å². The third-order valence-corrected chi connectivity index (χ3v) is 5.13. The van der Waals surface area contributed by atoms with Crippen molar-refractivity contribution in [2.75, 3.05) is 0 Å². The van der Waals surface area contributed by atoms with Crippen LogP contribution in [0.15, 0.2) is 53.3 Å². The molecule has 2 aromatic heterocycles. The summed E-state index contributed by atoms with van der Waals surface area (Å²) in [6, 6.07) is 4.42. The van der Waals surface area contributed by atoms with Crippen LogP contribution in [0.4, 0.5) is 0 Å². The normalized spacial score (nSPS) is 12.2. The highest BCUT2D eigenvalue weighted by molar-refractivity contribution is 7.11. The van der Waals surface area contributed by atoms with E-state index in [4.69, 9.17) is 0 Å². The summed E-state index contributed by atoms with van der Waals surface area (Å²) in [5.41, 5.74) is 5.05. The Morgan fingerprint density at radius 3 is 2.65 bits per heavy atom. The van der Waals surface area contributed by atoms with Gasteiger partial charge < -0.3 is 0 Å². The van der Waals surface area contributed by atoms with Gasteiger partial charge >= 0.3 is 0 Å². The van der Waals surface area contributed by atoms with Gasteiger partial charge in [-0.25, -0.2) is 0 Å². The van der Waals surface area contributed by atoms with Crippen LogP contribution in [0.1, 0.15) is 27.8 Å². The van der Waals surface area contributed by atoms with E-state index >= 15 is 0 Å². The number of aryl methyl sites for hydroxylation is 2. The van der Waals surface area contributed by atoms with Gasteiger partial charge in [0.25, 0.3) is 0 Å². The van der Waals surface area contributed by atoms with Crippen molar-refractivity contribution in [3.05, 3.63) is 74.2 Å². The molecule has 2 heteroatoms. The van der Waals surface area contributed by atoms with Crippen molar-refractivity contribution in [1.29, 1.82) is 0 Å². The van der Waals surface area contributed by atoms with Crippen molar-refractivity contribution in [1.82, 2.24) is 0 Å². The Balaban J connectivity index is 2.17. The van der Waals surface area contributed by atoms with Gasteiger partial charge in [0.05, 0.1) is 0 Å². The minimum absolute atomic E-state index is 1.00. The van der Waals surface area contributed by atoms with Crippen LogP contribution in [0.25, 0.3) is 5.57 Å². The van der Waals surface area contributed by atoms with Gasteiger partial charge in [0, 0.05) is 16.2 Å². The van der Waals surface area contributed by atoms with Crippen LogP contribution in [0.2, 0.25) is 0 Å². The lowest BCUT2D eigenvalue weighted by Gasteiger charge is -2.00. The monoisotopic (exact) mass is 300 g/mol. The summed E-state index contributed by atoms with van der Waals surface area (Å²) in [5.74, 6) is 0. The number of rotatable bonds is 5. The standard InChI is InChI=1S/C18H20S2/c1-13(2)10-16(18-11-14(3)12-20-18)6-5-7-17-15(4)8-9-19-17/h5-6,8-12H,1,7H2,2-4H3/b6-5-,16-10+. The van der Waals surface area contributed by atoms with E-state index in [1.165, 1.54) is 26.5 Å². The predicted octanol–water partition coefficient (Wildman–Crippen LogP) is 6.18. The lowest BCUT2D eigenvalue weighted by molar-refractivity contribution is 1.29. The molecule has 0 saturated carbocycles. The summed E-state index contributed by atoms with van der Waals surface area (Å²) in [5, 5.41) is 4.35. The molecular weight excluding hydrogens is 280 g/mol. The van der Waals surface area contributed by atoms with Crippen molar-refractivity contribution < 1.29 is 0 Å². The van der Waals surface area contributed by atoms with Crippen LogP contribution in [0, 0.1) is 13.8 Å². The molecule has 0 atom stereocenters. The number of allylic oxidation sites excluding steroid dienone is 5. The predicted molar refractivity (Wildman–Crippen MR) is 93.7 cm³/mol. The SMILES string of the molecule is C=C(C)/C=C(\C=C/Cc1sccc1C)c1cc(C)cs1. The first kappa shape index (κ1) is 15.0. The minimum atomic E-state index is 1.00. The van der Waals surface area contributed by atoms with Crippen LogP contribution in [0.3, 0.4) is 0 Å². The van der Waals surface area contributed by atoms with Crippen LogP contribution >= 0.6 is 22.7 Å². The first-order chi connectivity index (χ1) is 9.56. The third-order valence-electron chi connectivity index (χ3n) is 2.99. The van der Waals surface area contributed by atoms with Crippen molar-refractivity contribution >= 4 is 28.2 Å². The van der Waals surface area contributed by atoms with E-state index in [-0.39, 0.29) is 0 Å². The molecular formula is C18H20S2. The van der Waals surface area contributed by atoms with Gasteiger partial charge in [-0.15, -0.1) is 22.7 Å². The zero-order chi connectivity index (χ0) is 14.5. The summed E-state index contributed by atoms with van der Waals surface area (Å²) in [7, 11) is 0. The van der Waals surface area contributed by atoms with E-state index in [9.17, 15) is 0 Å². The molecule has 0 radical (unpaired) electrons. The largest absolute Gasteiger partial charge is 0.148 e. The first-order valence-electron chi connectivity index (χ1n) is 6.68. The van der Waals surface area contributed by atoms with Gasteiger partial charge in [0.2, 0.25) is 0 Å². The van der Waals surface area contributed by atoms with E-state index in [1.54, 1.807) is 11.3 Å². The molecule has 0 fully saturated rings. The topological polar surface area (TPSA) is 0 Å². The lowest BCUT2D eigenvalue weighted by atomic mass is 10.1. The molecule has 2 rings (SSSR count). The van der Waals surface area contributed by atoms with Crippen molar-refractivity contribution in [2.24, 2.45) is 0 Å². The Morgan fingerprint density at radius 1 is 1.30 bits per heavy atom. The minimum Gasteiger partial charge on any atom is -0.148 e. The molecule has 0 saturated heterocycles. The lowest BCUT2D eigenvalue weighted by Crippen LogP contribution is -1.80. The van der Waals surface area contributed by atoms with Gasteiger partial charge in [0.15, 0.2) is 0 Å². The smallest absolute Gasteiger partial charge is 0.0345 e. The Kier molecular flexibility index (Phi) is 5.16. The Bertz CT molecular complexity index is 651. The molecule has 0 unspecified atom stereocenters. The zero-order valence-electron chi connectivity index (χ0n) is 12.3. The fraction of sp³-hybridized carbons (Fsp3) is 0.222. The van der Waals surface area contributed by atoms with Crippen LogP contribution in [-0.4, -0.2) is 0 Å². The molecule has 0 spiro atoms. The highest BCUT2D eigenvalue weighted by Crippen LogP contribution is 2.25. The summed E-state index contributed by atoms with van der Waals surface area (Å²) in [6.45, 7) is 10.3. The Morgan fingerprint density at radius 2 is 2.10 bits per heavy atom. The van der Waals surface area contributed by atoms with Crippen molar-refractivity contribution in [3.8, 4) is 0 Å². The second-order valence-electron chi connectivity index (χ2n) is 5.07. The van der Waals surface area contributed by atoms with Gasteiger partial charge in [-0.3, -0.25) is 0 Å². The van der Waals surface area contributed by atoms with E-state index in [1.807, 2.05) is 18.3 Å². The van der Waals surface area contributed by atoms with Crippen LogP contribution < -0.4 is 0 Å². The Labute approximate surface area is 129 Å². The Hall–Kier alpha value is -1.38. The summed E-state index contributed by atoms with van der Waals surface area (Å²) in [4.78, 5) is 2.75. The molecule has 0 aromatic carbocycles. The molecule has 104 valence electrons. The average molecular weight is 300 g/mol. The second kappa shape index (κ2) is 6.87. The fourth-order valence-electron chi connectivity index (χ4n) is 1.96. The second-order valence-corrected chi connectivity index (χ2v) is 6.98. The summed E-state index contributed by atoms with van der Waals surface area (Å²) < 4.78 is 0. The highest BCUT2D eigenvalue weighted by Gasteiger charge is 2.02. The van der Waals surface area contributed by atoms with Crippen LogP contribution in [-0.2, 0) is 6.42 Å². The van der Waals surface area contributed by atoms with Gasteiger partial charge in [0.1, 0.15) is 0 Å². The van der Waals surface area contributed by atoms with Crippen LogP contribution in [0.5, 0.6) is 0 Å². The zero-order valence-corrected chi connectivity index (χ0v) is 13.9. The molecule has 0 N–H and O–H groups in total. The number of hydrogen-bond donors (Lipinski definition) is 0.